The van der Waals surface area contributed by atoms with E-state index in [-0.39, 0.29) is 4.88 Å². The second-order valence-electron chi connectivity index (χ2n) is 3.87. The van der Waals surface area contributed by atoms with Crippen molar-refractivity contribution in [1.29, 1.82) is 0 Å². The number of hydrogen-bond acceptors (Lipinski definition) is 4. The molecular formula is C12H11BrN2O2S. The number of thiazole rings is 1. The molecule has 4 nitrogen and oxygen atoms in total. The van der Waals surface area contributed by atoms with Crippen LogP contribution in [0.2, 0.25) is 0 Å². The van der Waals surface area contributed by atoms with Gasteiger partial charge in [-0.05, 0) is 37.1 Å². The first kappa shape index (κ1) is 13.0. The second kappa shape index (κ2) is 5.07. The Morgan fingerprint density at radius 1 is 1.39 bits per heavy atom. The van der Waals surface area contributed by atoms with Gasteiger partial charge in [-0.3, -0.25) is 0 Å². The standard InChI is InChI=1S/C12H11BrN2O2S/c1-6-3-8(13)4-7(2)10(6)15-12-14-5-9(18-12)11(16)17/h3-5H,1-2H3,(H,14,15)(H,16,17). The third-order valence-electron chi connectivity index (χ3n) is 2.45. The molecule has 2 aromatic rings. The number of aromatic nitrogens is 1. The van der Waals surface area contributed by atoms with Crippen LogP contribution in [0, 0.1) is 13.8 Å². The van der Waals surface area contributed by atoms with Crippen LogP contribution >= 0.6 is 27.3 Å². The molecule has 94 valence electrons. The molecule has 0 aliphatic carbocycles. The summed E-state index contributed by atoms with van der Waals surface area (Å²) in [5, 5.41) is 12.6. The molecular weight excluding hydrogens is 316 g/mol. The molecule has 1 aromatic carbocycles. The Morgan fingerprint density at radius 2 is 2.00 bits per heavy atom. The van der Waals surface area contributed by atoms with Crippen LogP contribution in [-0.2, 0) is 0 Å². The van der Waals surface area contributed by atoms with Crippen molar-refractivity contribution in [1.82, 2.24) is 4.98 Å². The number of nitrogens with zero attached hydrogens (tertiary/aromatic N) is 1. The molecule has 0 spiro atoms. The maximum absolute atomic E-state index is 10.8. The average molecular weight is 327 g/mol. The second-order valence-corrected chi connectivity index (χ2v) is 5.82. The molecule has 18 heavy (non-hydrogen) atoms. The van der Waals surface area contributed by atoms with Crippen LogP contribution in [0.5, 0.6) is 0 Å². The highest BCUT2D eigenvalue weighted by atomic mass is 79.9. The minimum atomic E-state index is -0.954. The van der Waals surface area contributed by atoms with E-state index in [1.807, 2.05) is 26.0 Å². The number of halogens is 1. The van der Waals surface area contributed by atoms with Crippen LogP contribution in [-0.4, -0.2) is 16.1 Å². The third-order valence-corrected chi connectivity index (χ3v) is 3.80. The summed E-state index contributed by atoms with van der Waals surface area (Å²) in [5.74, 6) is -0.954. The zero-order chi connectivity index (χ0) is 13.3. The van der Waals surface area contributed by atoms with Crippen molar-refractivity contribution in [2.75, 3.05) is 5.32 Å². The minimum Gasteiger partial charge on any atom is -0.477 e. The zero-order valence-electron chi connectivity index (χ0n) is 9.82. The van der Waals surface area contributed by atoms with Gasteiger partial charge in [-0.2, -0.15) is 0 Å². The van der Waals surface area contributed by atoms with Gasteiger partial charge >= 0.3 is 5.97 Å². The van der Waals surface area contributed by atoms with E-state index in [9.17, 15) is 4.79 Å². The maximum atomic E-state index is 10.8. The number of anilines is 2. The van der Waals surface area contributed by atoms with E-state index in [1.165, 1.54) is 6.20 Å². The molecule has 0 bridgehead atoms. The number of nitrogens with one attached hydrogen (secondary N) is 1. The van der Waals surface area contributed by atoms with Gasteiger partial charge in [-0.25, -0.2) is 9.78 Å². The first-order valence-corrected chi connectivity index (χ1v) is 6.81. The summed E-state index contributed by atoms with van der Waals surface area (Å²) in [7, 11) is 0. The number of rotatable bonds is 3. The first-order valence-electron chi connectivity index (χ1n) is 5.20. The van der Waals surface area contributed by atoms with Crippen LogP contribution < -0.4 is 5.32 Å². The molecule has 1 heterocycles. The third kappa shape index (κ3) is 2.70. The lowest BCUT2D eigenvalue weighted by atomic mass is 10.1. The summed E-state index contributed by atoms with van der Waals surface area (Å²) in [5.41, 5.74) is 3.12. The Labute approximate surface area is 117 Å². The monoisotopic (exact) mass is 326 g/mol. The lowest BCUT2D eigenvalue weighted by Crippen LogP contribution is -1.95. The minimum absolute atomic E-state index is 0.227. The summed E-state index contributed by atoms with van der Waals surface area (Å²) in [6.07, 6.45) is 1.36. The van der Waals surface area contributed by atoms with Crippen molar-refractivity contribution in [2.24, 2.45) is 0 Å². The predicted octanol–water partition coefficient (Wildman–Crippen LogP) is 3.96. The summed E-state index contributed by atoms with van der Waals surface area (Å²) >= 11 is 4.56. The quantitative estimate of drug-likeness (QED) is 0.896. The highest BCUT2D eigenvalue weighted by Gasteiger charge is 2.10. The Morgan fingerprint density at radius 3 is 2.50 bits per heavy atom. The van der Waals surface area contributed by atoms with Gasteiger partial charge in [0.25, 0.3) is 0 Å². The Kier molecular flexibility index (Phi) is 3.68. The van der Waals surface area contributed by atoms with E-state index < -0.39 is 5.97 Å². The van der Waals surface area contributed by atoms with E-state index >= 15 is 0 Å². The fourth-order valence-corrected chi connectivity index (χ4v) is 2.99. The normalized spacial score (nSPS) is 10.4. The van der Waals surface area contributed by atoms with Crippen LogP contribution in [0.15, 0.2) is 22.8 Å². The number of aryl methyl sites for hydroxylation is 2. The molecule has 2 rings (SSSR count). The first-order chi connectivity index (χ1) is 8.47. The molecule has 0 saturated carbocycles. The highest BCUT2D eigenvalue weighted by Crippen LogP contribution is 2.29. The highest BCUT2D eigenvalue weighted by molar-refractivity contribution is 9.10. The van der Waals surface area contributed by atoms with E-state index in [1.54, 1.807) is 0 Å². The molecule has 0 amide bonds. The molecule has 1 aromatic heterocycles. The number of hydrogen-bond donors (Lipinski definition) is 2. The van der Waals surface area contributed by atoms with Gasteiger partial charge in [0, 0.05) is 10.2 Å². The van der Waals surface area contributed by atoms with Crippen LogP contribution in [0.1, 0.15) is 20.8 Å². The van der Waals surface area contributed by atoms with Gasteiger partial charge < -0.3 is 10.4 Å². The molecule has 2 N–H and O–H groups in total. The SMILES string of the molecule is Cc1cc(Br)cc(C)c1Nc1ncc(C(=O)O)s1. The lowest BCUT2D eigenvalue weighted by Gasteiger charge is -2.11. The molecule has 0 atom stereocenters. The number of aromatic carboxylic acids is 1. The van der Waals surface area contributed by atoms with E-state index in [4.69, 9.17) is 5.11 Å². The smallest absolute Gasteiger partial charge is 0.347 e. The van der Waals surface area contributed by atoms with E-state index in [0.717, 1.165) is 32.6 Å². The Balaban J connectivity index is 2.31. The number of carboxylic acid groups (broad SMARTS) is 1. The maximum Gasteiger partial charge on any atom is 0.347 e. The van der Waals surface area contributed by atoms with Gasteiger partial charge in [0.05, 0.1) is 6.20 Å². The van der Waals surface area contributed by atoms with Crippen molar-refractivity contribution in [3.8, 4) is 0 Å². The Hall–Kier alpha value is -1.40. The summed E-state index contributed by atoms with van der Waals surface area (Å²) in [6.45, 7) is 3.98. The molecule has 0 aliphatic rings. The molecule has 0 aliphatic heterocycles. The summed E-state index contributed by atoms with van der Waals surface area (Å²) < 4.78 is 1.02. The van der Waals surface area contributed by atoms with Crippen molar-refractivity contribution < 1.29 is 9.90 Å². The number of carboxylic acids is 1. The fourth-order valence-electron chi connectivity index (χ4n) is 1.65. The van der Waals surface area contributed by atoms with E-state index in [2.05, 4.69) is 26.2 Å². The number of benzene rings is 1. The average Bonchev–Trinajstić information content (AvgIpc) is 2.71. The van der Waals surface area contributed by atoms with E-state index in [0.29, 0.717) is 5.13 Å². The molecule has 0 fully saturated rings. The van der Waals surface area contributed by atoms with Crippen molar-refractivity contribution in [3.63, 3.8) is 0 Å². The predicted molar refractivity (Wildman–Crippen MR) is 76.0 cm³/mol. The Bertz CT molecular complexity index is 587. The molecule has 0 radical (unpaired) electrons. The summed E-state index contributed by atoms with van der Waals surface area (Å²) in [4.78, 5) is 15.1. The van der Waals surface area contributed by atoms with Crippen LogP contribution in [0.4, 0.5) is 10.8 Å². The van der Waals surface area contributed by atoms with Crippen LogP contribution in [0.3, 0.4) is 0 Å². The van der Waals surface area contributed by atoms with Gasteiger partial charge in [0.2, 0.25) is 0 Å². The van der Waals surface area contributed by atoms with Crippen molar-refractivity contribution in [3.05, 3.63) is 38.8 Å². The number of carbonyl (C=O) groups is 1. The van der Waals surface area contributed by atoms with Crippen molar-refractivity contribution in [2.45, 2.75) is 13.8 Å². The van der Waals surface area contributed by atoms with Crippen LogP contribution in [0.25, 0.3) is 0 Å². The molecule has 6 heteroatoms. The largest absolute Gasteiger partial charge is 0.477 e. The van der Waals surface area contributed by atoms with Crippen molar-refractivity contribution >= 4 is 44.1 Å². The lowest BCUT2D eigenvalue weighted by molar-refractivity contribution is 0.0702. The van der Waals surface area contributed by atoms with Gasteiger partial charge in [0.15, 0.2) is 5.13 Å². The topological polar surface area (TPSA) is 62.2 Å². The fraction of sp³-hybridized carbons (Fsp3) is 0.167. The zero-order valence-corrected chi connectivity index (χ0v) is 12.2. The van der Waals surface area contributed by atoms with Gasteiger partial charge in [0.1, 0.15) is 4.88 Å². The molecule has 0 unspecified atom stereocenters. The van der Waals surface area contributed by atoms with Gasteiger partial charge in [-0.1, -0.05) is 27.3 Å². The summed E-state index contributed by atoms with van der Waals surface area (Å²) in [6, 6.07) is 4.00. The molecule has 0 saturated heterocycles. The van der Waals surface area contributed by atoms with Gasteiger partial charge in [-0.15, -0.1) is 0 Å².